The van der Waals surface area contributed by atoms with Gasteiger partial charge in [0.05, 0.1) is 20.3 Å². The second-order valence-electron chi connectivity index (χ2n) is 16.4. The van der Waals surface area contributed by atoms with Crippen molar-refractivity contribution in [1.29, 1.82) is 0 Å². The zero-order valence-electron chi connectivity index (χ0n) is 33.2. The first-order chi connectivity index (χ1) is 27.7. The van der Waals surface area contributed by atoms with Gasteiger partial charge in [-0.2, -0.15) is 0 Å². The Hall–Kier alpha value is -5.58. The topological polar surface area (TPSA) is 135 Å². The minimum Gasteiger partial charge on any atom is -0.481 e. The molecule has 4 heterocycles. The molecule has 0 spiro atoms. The highest BCUT2D eigenvalue weighted by atomic mass is 16.5. The first kappa shape index (κ1) is 38.3. The normalized spacial score (nSPS) is 24.2. The van der Waals surface area contributed by atoms with E-state index in [2.05, 4.69) is 64.1 Å². The van der Waals surface area contributed by atoms with Gasteiger partial charge in [-0.1, -0.05) is 68.4 Å². The number of ether oxygens (including phenoxy) is 2. The fourth-order valence-electron chi connectivity index (χ4n) is 9.76. The molecule has 0 radical (unpaired) electrons. The average molecular weight is 769 g/mol. The van der Waals surface area contributed by atoms with Gasteiger partial charge >= 0.3 is 6.09 Å². The predicted molar refractivity (Wildman–Crippen MR) is 221 cm³/mol. The summed E-state index contributed by atoms with van der Waals surface area (Å²) in [5.41, 5.74) is 9.97. The number of rotatable bonds is 12. The van der Waals surface area contributed by atoms with Gasteiger partial charge in [0.15, 0.2) is 0 Å². The number of aliphatic imine (C=N–C) groups is 2. The Labute approximate surface area is 334 Å². The standard InChI is InChI=1S/C46H52N6O5/c1-27(2)43(51-46(55)57-4)45(54)52-19-5-6-39(52)37-21-35(25-47-37)31-12-8-29(9-13-31)30-10-14-32(15-11-30)36-22-38(48-26-36)41-33-16-17-34(20-33)42(41)44(53)50-24-28-7-18-40(56-3)49-23-28/h7-15,18,23,25-27,33-34,39,41-43H,5-6,16-17,19-22,24H2,1-4H3,(H,50,53)(H,51,55)/t33?,34?,39-,41-,42+,43-/m0/s1. The van der Waals surface area contributed by atoms with Gasteiger partial charge < -0.3 is 25.0 Å². The number of allylic oxidation sites excluding steroid dienone is 2. The summed E-state index contributed by atoms with van der Waals surface area (Å²) in [6.07, 6.45) is 11.7. The molecule has 3 fully saturated rings. The van der Waals surface area contributed by atoms with Crippen LogP contribution in [0.2, 0.25) is 0 Å². The summed E-state index contributed by atoms with van der Waals surface area (Å²) in [6.45, 7) is 4.95. The van der Waals surface area contributed by atoms with Crippen molar-refractivity contribution in [2.24, 2.45) is 39.6 Å². The molecule has 2 aliphatic carbocycles. The van der Waals surface area contributed by atoms with E-state index in [0.717, 1.165) is 76.9 Å². The number of pyridine rings is 1. The van der Waals surface area contributed by atoms with E-state index in [0.29, 0.717) is 37.2 Å². The lowest BCUT2D eigenvalue weighted by Gasteiger charge is -2.31. The third-order valence-corrected chi connectivity index (χ3v) is 12.7. The van der Waals surface area contributed by atoms with Crippen molar-refractivity contribution in [3.05, 3.63) is 96.0 Å². The van der Waals surface area contributed by atoms with Crippen molar-refractivity contribution >= 4 is 40.5 Å². The van der Waals surface area contributed by atoms with Gasteiger partial charge in [0, 0.05) is 73.9 Å². The monoisotopic (exact) mass is 768 g/mol. The van der Waals surface area contributed by atoms with Crippen LogP contribution in [0.3, 0.4) is 0 Å². The lowest BCUT2D eigenvalue weighted by atomic mass is 9.75. The molecular formula is C46H52N6O5. The van der Waals surface area contributed by atoms with Gasteiger partial charge in [-0.15, -0.1) is 0 Å². The van der Waals surface area contributed by atoms with Gasteiger partial charge in [0.25, 0.3) is 0 Å². The zero-order valence-corrected chi connectivity index (χ0v) is 33.2. The number of alkyl carbamates (subject to hydrolysis) is 1. The van der Waals surface area contributed by atoms with Crippen LogP contribution >= 0.6 is 0 Å². The predicted octanol–water partition coefficient (Wildman–Crippen LogP) is 7.48. The average Bonchev–Trinajstić information content (AvgIpc) is 4.10. The van der Waals surface area contributed by atoms with E-state index < -0.39 is 12.1 Å². The van der Waals surface area contributed by atoms with Gasteiger partial charge in [-0.25, -0.2) is 9.78 Å². The van der Waals surface area contributed by atoms with Crippen LogP contribution in [0, 0.1) is 29.6 Å². The Balaban J connectivity index is 0.857. The Kier molecular flexibility index (Phi) is 11.1. The molecule has 296 valence electrons. The summed E-state index contributed by atoms with van der Waals surface area (Å²) in [7, 11) is 2.90. The summed E-state index contributed by atoms with van der Waals surface area (Å²) in [5, 5.41) is 5.93. The fourth-order valence-corrected chi connectivity index (χ4v) is 9.76. The summed E-state index contributed by atoms with van der Waals surface area (Å²) in [6, 6.07) is 20.3. The summed E-state index contributed by atoms with van der Waals surface area (Å²) < 4.78 is 9.95. The van der Waals surface area contributed by atoms with Gasteiger partial charge in [-0.05, 0) is 88.8 Å². The highest BCUT2D eigenvalue weighted by molar-refractivity contribution is 6.04. The van der Waals surface area contributed by atoms with Crippen LogP contribution in [0.4, 0.5) is 4.79 Å². The van der Waals surface area contributed by atoms with E-state index in [-0.39, 0.29) is 35.6 Å². The molecule has 11 heteroatoms. The van der Waals surface area contributed by atoms with Crippen LogP contribution in [0.15, 0.2) is 89.2 Å². The number of amides is 3. The summed E-state index contributed by atoms with van der Waals surface area (Å²) in [5.74, 6) is 1.62. The molecule has 8 rings (SSSR count). The molecule has 2 unspecified atom stereocenters. The molecular weight excluding hydrogens is 717 g/mol. The summed E-state index contributed by atoms with van der Waals surface area (Å²) >= 11 is 0. The molecule has 2 bridgehead atoms. The number of hydrogen-bond donors (Lipinski definition) is 2. The minimum absolute atomic E-state index is 0.0362. The number of likely N-dealkylation sites (tertiary alicyclic amines) is 1. The van der Waals surface area contributed by atoms with E-state index in [1.165, 1.54) is 19.1 Å². The van der Waals surface area contributed by atoms with E-state index in [9.17, 15) is 14.4 Å². The zero-order chi connectivity index (χ0) is 39.6. The highest BCUT2D eigenvalue weighted by Gasteiger charge is 2.52. The molecule has 2 saturated carbocycles. The van der Waals surface area contributed by atoms with Crippen LogP contribution < -0.4 is 15.4 Å². The Morgan fingerprint density at radius 1 is 0.807 bits per heavy atom. The molecule has 5 aliphatic rings. The van der Waals surface area contributed by atoms with Crippen LogP contribution in [0.5, 0.6) is 5.88 Å². The van der Waals surface area contributed by atoms with Crippen LogP contribution in [0.1, 0.15) is 75.5 Å². The van der Waals surface area contributed by atoms with Crippen molar-refractivity contribution in [2.75, 3.05) is 20.8 Å². The maximum atomic E-state index is 13.6. The highest BCUT2D eigenvalue weighted by Crippen LogP contribution is 2.54. The van der Waals surface area contributed by atoms with E-state index in [1.807, 2.05) is 43.3 Å². The number of nitrogens with zero attached hydrogens (tertiary/aromatic N) is 4. The third kappa shape index (κ3) is 7.89. The summed E-state index contributed by atoms with van der Waals surface area (Å²) in [4.78, 5) is 55.1. The smallest absolute Gasteiger partial charge is 0.407 e. The number of carbonyl (C=O) groups excluding carboxylic acids is 3. The van der Waals surface area contributed by atoms with Crippen molar-refractivity contribution < 1.29 is 23.9 Å². The molecule has 3 amide bonds. The van der Waals surface area contributed by atoms with Gasteiger partial charge in [0.2, 0.25) is 17.7 Å². The molecule has 6 atom stereocenters. The second-order valence-corrected chi connectivity index (χ2v) is 16.4. The molecule has 1 saturated heterocycles. The van der Waals surface area contributed by atoms with Crippen LogP contribution in [0.25, 0.3) is 22.3 Å². The molecule has 2 N–H and O–H groups in total. The first-order valence-corrected chi connectivity index (χ1v) is 20.3. The van der Waals surface area contributed by atoms with Crippen molar-refractivity contribution in [3.63, 3.8) is 0 Å². The number of benzene rings is 2. The number of fused-ring (bicyclic) bond motifs is 2. The number of aromatic nitrogens is 1. The third-order valence-electron chi connectivity index (χ3n) is 12.7. The fraction of sp³-hybridized carbons (Fsp3) is 0.435. The van der Waals surface area contributed by atoms with Crippen molar-refractivity contribution in [1.82, 2.24) is 20.5 Å². The largest absolute Gasteiger partial charge is 0.481 e. The van der Waals surface area contributed by atoms with Crippen LogP contribution in [-0.4, -0.2) is 72.1 Å². The van der Waals surface area contributed by atoms with Crippen LogP contribution in [-0.2, 0) is 20.9 Å². The maximum absolute atomic E-state index is 13.6. The van der Waals surface area contributed by atoms with Gasteiger partial charge in [0.1, 0.15) is 6.04 Å². The first-order valence-electron chi connectivity index (χ1n) is 20.3. The number of hydrogen-bond acceptors (Lipinski definition) is 8. The Bertz CT molecular complexity index is 2120. The van der Waals surface area contributed by atoms with E-state index in [4.69, 9.17) is 19.5 Å². The minimum atomic E-state index is -0.648. The molecule has 57 heavy (non-hydrogen) atoms. The lowest BCUT2D eigenvalue weighted by molar-refractivity contribution is -0.134. The molecule has 1 aromatic heterocycles. The lowest BCUT2D eigenvalue weighted by Crippen LogP contribution is -2.53. The molecule has 3 aromatic rings. The molecule has 3 aliphatic heterocycles. The molecule has 2 aromatic carbocycles. The Morgan fingerprint density at radius 2 is 1.44 bits per heavy atom. The molecule has 11 nitrogen and oxygen atoms in total. The number of carbonyl (C=O) groups is 3. The second kappa shape index (κ2) is 16.5. The van der Waals surface area contributed by atoms with Crippen molar-refractivity contribution in [3.8, 4) is 17.0 Å². The maximum Gasteiger partial charge on any atom is 0.407 e. The number of nitrogens with one attached hydrogen (secondary N) is 2. The SMILES string of the molecule is COC(=O)N[C@H](C(=O)N1CCC[C@H]1C1=NC=C(c2ccc(-c3ccc(C4=CN=C([C@@H]5C6CCC(C6)[C@H]5C(=O)NCc5ccc(OC)nc5)C4)cc3)cc2)C1)C(C)C. The van der Waals surface area contributed by atoms with E-state index >= 15 is 0 Å². The van der Waals surface area contributed by atoms with E-state index in [1.54, 1.807) is 13.3 Å². The van der Waals surface area contributed by atoms with Gasteiger partial charge in [-0.3, -0.25) is 19.6 Å². The number of methoxy groups -OCH3 is 2. The quantitative estimate of drug-likeness (QED) is 0.196. The Morgan fingerprint density at radius 3 is 2.05 bits per heavy atom. The van der Waals surface area contributed by atoms with Crippen molar-refractivity contribution in [2.45, 2.75) is 77.4 Å².